The Labute approximate surface area is 225 Å². The maximum atomic E-state index is 14.1. The van der Waals surface area contributed by atoms with Crippen LogP contribution in [0.4, 0.5) is 10.1 Å². The Balaban J connectivity index is 1.63. The number of para-hydroxylation sites is 2. The Morgan fingerprint density at radius 3 is 2.49 bits per heavy atom. The molecule has 1 atom stereocenters. The number of aromatic nitrogens is 3. The highest BCUT2D eigenvalue weighted by Crippen LogP contribution is 2.39. The molecule has 1 N–H and O–H groups in total. The molecule has 1 aromatic heterocycles. The van der Waals surface area contributed by atoms with Crippen LogP contribution < -0.4 is 19.7 Å². The summed E-state index contributed by atoms with van der Waals surface area (Å²) in [6.07, 6.45) is 3.78. The number of hydrogen-bond acceptors (Lipinski definition) is 6. The summed E-state index contributed by atoms with van der Waals surface area (Å²) in [6, 6.07) is 16.8. The molecular weight excluding hydrogens is 501 g/mol. The standard InChI is InChI=1S/C29H30FN5O4/c1-38-25-13-7-10-22(28(25)39-2)27(29(37)31-20-8-3-4-9-20)35(21-16-14-19(30)15-17-21)26(36)18-34-24-12-6-5-11-23(24)32-33-34/h5-7,10-17,20,27H,3-4,8-9,18H2,1-2H3,(H,31,37). The molecule has 0 spiro atoms. The van der Waals surface area contributed by atoms with Crippen molar-refractivity contribution in [2.75, 3.05) is 19.1 Å². The topological polar surface area (TPSA) is 98.6 Å². The summed E-state index contributed by atoms with van der Waals surface area (Å²) in [5, 5.41) is 11.4. The van der Waals surface area contributed by atoms with Crippen molar-refractivity contribution < 1.29 is 23.5 Å². The van der Waals surface area contributed by atoms with E-state index in [4.69, 9.17) is 9.47 Å². The van der Waals surface area contributed by atoms with E-state index in [2.05, 4.69) is 15.6 Å². The summed E-state index contributed by atoms with van der Waals surface area (Å²) in [5.74, 6) is -0.511. The van der Waals surface area contributed by atoms with Gasteiger partial charge in [-0.25, -0.2) is 9.07 Å². The van der Waals surface area contributed by atoms with Gasteiger partial charge in [0.25, 0.3) is 0 Å². The first-order chi connectivity index (χ1) is 19.0. The number of anilines is 1. The molecule has 2 amide bonds. The van der Waals surface area contributed by atoms with Crippen LogP contribution in [0.15, 0.2) is 66.7 Å². The van der Waals surface area contributed by atoms with Gasteiger partial charge in [-0.15, -0.1) is 5.10 Å². The summed E-state index contributed by atoms with van der Waals surface area (Å²) < 4.78 is 26.6. The van der Waals surface area contributed by atoms with E-state index in [-0.39, 0.29) is 18.5 Å². The number of carbonyl (C=O) groups excluding carboxylic acids is 2. The molecule has 0 saturated heterocycles. The second kappa shape index (κ2) is 11.5. The molecule has 1 aliphatic carbocycles. The van der Waals surface area contributed by atoms with E-state index in [1.807, 2.05) is 18.2 Å². The number of carbonyl (C=O) groups is 2. The fourth-order valence-electron chi connectivity index (χ4n) is 5.15. The summed E-state index contributed by atoms with van der Waals surface area (Å²) in [7, 11) is 2.99. The average Bonchev–Trinajstić information content (AvgIpc) is 3.62. The predicted molar refractivity (Wildman–Crippen MR) is 144 cm³/mol. The van der Waals surface area contributed by atoms with E-state index in [1.165, 1.54) is 48.1 Å². The third kappa shape index (κ3) is 5.41. The zero-order chi connectivity index (χ0) is 27.4. The van der Waals surface area contributed by atoms with Crippen molar-refractivity contribution in [3.63, 3.8) is 0 Å². The minimum atomic E-state index is -1.14. The first kappa shape index (κ1) is 26.1. The lowest BCUT2D eigenvalue weighted by molar-refractivity contribution is -0.127. The van der Waals surface area contributed by atoms with Crippen LogP contribution in [-0.4, -0.2) is 47.1 Å². The van der Waals surface area contributed by atoms with Gasteiger partial charge in [-0.05, 0) is 55.3 Å². The molecule has 9 nitrogen and oxygen atoms in total. The molecule has 1 saturated carbocycles. The van der Waals surface area contributed by atoms with Gasteiger partial charge in [-0.2, -0.15) is 0 Å². The maximum Gasteiger partial charge on any atom is 0.249 e. The van der Waals surface area contributed by atoms with Gasteiger partial charge in [0.15, 0.2) is 11.5 Å². The molecule has 3 aromatic carbocycles. The van der Waals surface area contributed by atoms with Gasteiger partial charge in [0.1, 0.15) is 23.9 Å². The number of fused-ring (bicyclic) bond motifs is 1. The van der Waals surface area contributed by atoms with E-state index in [0.29, 0.717) is 33.8 Å². The van der Waals surface area contributed by atoms with Crippen molar-refractivity contribution in [2.24, 2.45) is 0 Å². The summed E-state index contributed by atoms with van der Waals surface area (Å²) in [4.78, 5) is 29.6. The molecule has 5 rings (SSSR count). The lowest BCUT2D eigenvalue weighted by Gasteiger charge is -2.33. The monoisotopic (exact) mass is 531 g/mol. The Bertz CT molecular complexity index is 1470. The first-order valence-electron chi connectivity index (χ1n) is 12.9. The summed E-state index contributed by atoms with van der Waals surface area (Å²) in [5.41, 5.74) is 2.11. The van der Waals surface area contributed by atoms with Crippen molar-refractivity contribution in [1.29, 1.82) is 0 Å². The zero-order valence-corrected chi connectivity index (χ0v) is 21.8. The number of nitrogens with one attached hydrogen (secondary N) is 1. The van der Waals surface area contributed by atoms with Crippen LogP contribution in [0.25, 0.3) is 11.0 Å². The third-order valence-corrected chi connectivity index (χ3v) is 7.01. The van der Waals surface area contributed by atoms with E-state index < -0.39 is 17.8 Å². The molecule has 0 radical (unpaired) electrons. The first-order valence-corrected chi connectivity index (χ1v) is 12.9. The van der Waals surface area contributed by atoms with Gasteiger partial charge in [-0.3, -0.25) is 14.5 Å². The van der Waals surface area contributed by atoms with Crippen LogP contribution in [-0.2, 0) is 16.1 Å². The van der Waals surface area contributed by atoms with E-state index >= 15 is 0 Å². The van der Waals surface area contributed by atoms with E-state index in [1.54, 1.807) is 24.3 Å². The minimum Gasteiger partial charge on any atom is -0.493 e. The normalized spacial score (nSPS) is 14.2. The van der Waals surface area contributed by atoms with Crippen LogP contribution in [0.3, 0.4) is 0 Å². The number of nitrogens with zero attached hydrogens (tertiary/aromatic N) is 4. The predicted octanol–water partition coefficient (Wildman–Crippen LogP) is 4.42. The molecule has 202 valence electrons. The smallest absolute Gasteiger partial charge is 0.249 e. The van der Waals surface area contributed by atoms with E-state index in [0.717, 1.165) is 25.7 Å². The van der Waals surface area contributed by atoms with Gasteiger partial charge in [0.2, 0.25) is 11.8 Å². The largest absolute Gasteiger partial charge is 0.493 e. The molecule has 0 aliphatic heterocycles. The van der Waals surface area contributed by atoms with Gasteiger partial charge in [-0.1, -0.05) is 42.3 Å². The number of benzene rings is 3. The quantitative estimate of drug-likeness (QED) is 0.343. The van der Waals surface area contributed by atoms with Gasteiger partial charge in [0, 0.05) is 17.3 Å². The van der Waals surface area contributed by atoms with Crippen molar-refractivity contribution in [3.8, 4) is 11.5 Å². The number of amides is 2. The molecule has 0 bridgehead atoms. The van der Waals surface area contributed by atoms with Crippen molar-refractivity contribution in [1.82, 2.24) is 20.3 Å². The lowest BCUT2D eigenvalue weighted by Crippen LogP contribution is -2.47. The molecule has 1 unspecified atom stereocenters. The molecule has 39 heavy (non-hydrogen) atoms. The maximum absolute atomic E-state index is 14.1. The number of hydrogen-bond donors (Lipinski definition) is 1. The Kier molecular flexibility index (Phi) is 7.72. The third-order valence-electron chi connectivity index (χ3n) is 7.01. The summed E-state index contributed by atoms with van der Waals surface area (Å²) >= 11 is 0. The van der Waals surface area contributed by atoms with Crippen LogP contribution in [0.2, 0.25) is 0 Å². The second-order valence-electron chi connectivity index (χ2n) is 9.45. The molecule has 1 fully saturated rings. The van der Waals surface area contributed by atoms with Crippen molar-refractivity contribution >= 4 is 28.5 Å². The number of methoxy groups -OCH3 is 2. The minimum absolute atomic E-state index is 0.000955. The van der Waals surface area contributed by atoms with Crippen LogP contribution in [0, 0.1) is 5.82 Å². The Morgan fingerprint density at radius 1 is 1.03 bits per heavy atom. The highest BCUT2D eigenvalue weighted by atomic mass is 19.1. The molecule has 4 aromatic rings. The number of halogens is 1. The van der Waals surface area contributed by atoms with Crippen LogP contribution in [0.1, 0.15) is 37.3 Å². The van der Waals surface area contributed by atoms with Crippen molar-refractivity contribution in [3.05, 3.63) is 78.1 Å². The highest BCUT2D eigenvalue weighted by Gasteiger charge is 2.37. The van der Waals surface area contributed by atoms with Gasteiger partial charge >= 0.3 is 0 Å². The molecular formula is C29H30FN5O4. The number of ether oxygens (including phenoxy) is 2. The fraction of sp³-hybridized carbons (Fsp3) is 0.310. The lowest BCUT2D eigenvalue weighted by atomic mass is 10.00. The Hall–Kier alpha value is -4.47. The van der Waals surface area contributed by atoms with Gasteiger partial charge in [0.05, 0.1) is 19.7 Å². The summed E-state index contributed by atoms with van der Waals surface area (Å²) in [6.45, 7) is -0.197. The molecule has 1 aliphatic rings. The molecule has 1 heterocycles. The number of rotatable bonds is 9. The molecule has 10 heteroatoms. The van der Waals surface area contributed by atoms with Crippen molar-refractivity contribution in [2.45, 2.75) is 44.3 Å². The Morgan fingerprint density at radius 2 is 1.77 bits per heavy atom. The average molecular weight is 532 g/mol. The van der Waals surface area contributed by atoms with Gasteiger partial charge < -0.3 is 14.8 Å². The SMILES string of the molecule is COc1cccc(C(C(=O)NC2CCCC2)N(C(=O)Cn2nnc3ccccc32)c2ccc(F)cc2)c1OC. The highest BCUT2D eigenvalue weighted by molar-refractivity contribution is 6.02. The van der Waals surface area contributed by atoms with Crippen LogP contribution >= 0.6 is 0 Å². The van der Waals surface area contributed by atoms with E-state index in [9.17, 15) is 14.0 Å². The zero-order valence-electron chi connectivity index (χ0n) is 21.8. The van der Waals surface area contributed by atoms with Crippen LogP contribution in [0.5, 0.6) is 11.5 Å². The second-order valence-corrected chi connectivity index (χ2v) is 9.45. The fourth-order valence-corrected chi connectivity index (χ4v) is 5.15.